The number of fused-ring (bicyclic) bond motifs is 5. The molecule has 1 aromatic carbocycles. The highest BCUT2D eigenvalue weighted by Crippen LogP contribution is 2.59. The fourth-order valence-electron chi connectivity index (χ4n) is 8.50. The lowest BCUT2D eigenvalue weighted by Gasteiger charge is -2.49. The Morgan fingerprint density at radius 1 is 1.12 bits per heavy atom. The maximum absolute atomic E-state index is 12.9. The van der Waals surface area contributed by atoms with Crippen LogP contribution in [0.25, 0.3) is 0 Å². The number of rotatable bonds is 11. The molecule has 2 saturated carbocycles. The number of benzene rings is 1. The zero-order chi connectivity index (χ0) is 37.8. The number of piperidine rings is 1. The van der Waals surface area contributed by atoms with Crippen LogP contribution in [0, 0.1) is 34.0 Å². The normalized spacial score (nSPS) is 25.7. The van der Waals surface area contributed by atoms with Gasteiger partial charge in [-0.05, 0) is 156 Å². The van der Waals surface area contributed by atoms with Crippen molar-refractivity contribution in [1.29, 1.82) is 5.41 Å². The number of carbonyl (C=O) groups excluding carboxylic acids is 2. The lowest BCUT2D eigenvalue weighted by atomic mass is 9.55. The van der Waals surface area contributed by atoms with Gasteiger partial charge in [-0.25, -0.2) is 9.18 Å². The van der Waals surface area contributed by atoms with Crippen LogP contribution in [-0.2, 0) is 11.2 Å². The van der Waals surface area contributed by atoms with Crippen LogP contribution in [0.4, 0.5) is 9.18 Å². The number of likely N-dealkylation sites (tertiary alicyclic amines) is 1. The van der Waals surface area contributed by atoms with Crippen molar-refractivity contribution >= 4 is 30.7 Å². The van der Waals surface area contributed by atoms with E-state index in [0.717, 1.165) is 95.2 Å². The molecule has 0 spiro atoms. The number of hydrogen-bond donors (Lipinski definition) is 2. The number of hydrogen-bond acceptors (Lipinski definition) is 6. The van der Waals surface area contributed by atoms with E-state index in [1.165, 1.54) is 36.8 Å². The molecule has 8 heteroatoms. The molecule has 3 aliphatic carbocycles. The van der Waals surface area contributed by atoms with Crippen molar-refractivity contribution in [2.45, 2.75) is 156 Å². The number of aryl methyl sites for hydroxylation is 1. The van der Waals surface area contributed by atoms with Gasteiger partial charge < -0.3 is 24.7 Å². The summed E-state index contributed by atoms with van der Waals surface area (Å²) in [6.45, 7) is 17.3. The van der Waals surface area contributed by atoms with Crippen LogP contribution in [0.3, 0.4) is 0 Å². The molecule has 1 heterocycles. The summed E-state index contributed by atoms with van der Waals surface area (Å²) in [4.78, 5) is 27.6. The molecule has 1 aromatic rings. The summed E-state index contributed by atoms with van der Waals surface area (Å²) in [5.41, 5.74) is 4.48. The lowest BCUT2D eigenvalue weighted by molar-refractivity contribution is -0.107. The third-order valence-electron chi connectivity index (χ3n) is 12.8. The number of unbranched alkanes of at least 4 members (excludes halogenated alkanes) is 2. The molecular formula is C43H72FN3O3S. The minimum absolute atomic E-state index is 0.132. The Labute approximate surface area is 316 Å². The van der Waals surface area contributed by atoms with Gasteiger partial charge in [0.1, 0.15) is 12.0 Å². The average molecular weight is 730 g/mol. The van der Waals surface area contributed by atoms with Crippen LogP contribution in [0.5, 0.6) is 5.75 Å². The van der Waals surface area contributed by atoms with Gasteiger partial charge in [-0.1, -0.05) is 54.0 Å². The highest BCUT2D eigenvalue weighted by Gasteiger charge is 2.52. The number of halogens is 1. The third kappa shape index (κ3) is 12.6. The Bertz CT molecular complexity index is 1240. The van der Waals surface area contributed by atoms with Crippen LogP contribution in [-0.4, -0.2) is 72.5 Å². The van der Waals surface area contributed by atoms with Gasteiger partial charge in [0.15, 0.2) is 0 Å². The van der Waals surface area contributed by atoms with Gasteiger partial charge in [0.25, 0.3) is 0 Å². The quantitative estimate of drug-likeness (QED) is 0.135. The van der Waals surface area contributed by atoms with Gasteiger partial charge in [-0.2, -0.15) is 12.6 Å². The van der Waals surface area contributed by atoms with E-state index < -0.39 is 6.17 Å². The molecule has 6 atom stereocenters. The predicted octanol–water partition coefficient (Wildman–Crippen LogP) is 11.0. The standard InChI is InChI=1S/C30H43N3O3.C7H15FS.C6H14/c1-30-15-12-25-24-9-7-23(20-21(24)6-8-26(25)27(30)10-11-28(30)31)36-29(35)33-17-13-22(14-18-33)32(2)16-4-3-5-19-34;1-6(7(2)8)4-3-5-9;1-5-6(2,3)4/h7,9,19-20,22,25-27,31H,3-6,8,10-18H2,1-2H3;6-7,9H,3-5H2,1-2H3;5H2,1-4H3. The zero-order valence-electron chi connectivity index (χ0n) is 33.4. The van der Waals surface area contributed by atoms with Crippen molar-refractivity contribution in [3.8, 4) is 5.75 Å². The van der Waals surface area contributed by atoms with E-state index in [1.54, 1.807) is 6.92 Å². The first-order chi connectivity index (χ1) is 24.1. The molecule has 1 saturated heterocycles. The Balaban J connectivity index is 0.000000393. The van der Waals surface area contributed by atoms with E-state index in [1.807, 2.05) is 17.9 Å². The Kier molecular flexibility index (Phi) is 17.5. The van der Waals surface area contributed by atoms with Crippen LogP contribution in [0.15, 0.2) is 18.2 Å². The highest BCUT2D eigenvalue weighted by molar-refractivity contribution is 7.80. The number of thiol groups is 1. The molecule has 6 nitrogen and oxygen atoms in total. The lowest BCUT2D eigenvalue weighted by Crippen LogP contribution is -2.46. The van der Waals surface area contributed by atoms with Gasteiger partial charge in [-0.3, -0.25) is 0 Å². The number of carbonyl (C=O) groups is 2. The summed E-state index contributed by atoms with van der Waals surface area (Å²) in [6, 6.07) is 6.84. The zero-order valence-corrected chi connectivity index (χ0v) is 34.3. The molecule has 6 unspecified atom stereocenters. The summed E-state index contributed by atoms with van der Waals surface area (Å²) in [6.07, 6.45) is 14.7. The monoisotopic (exact) mass is 730 g/mol. The molecule has 5 rings (SSSR count). The SMILES string of the molecule is CC(F)C(C)CCCS.CCC(C)(C)C.CN(CCCCC=O)C1CCN(C(=O)Oc2ccc3c(c2)CCC2C3CCC3(C)C(=N)CCC23)CC1. The second-order valence-corrected chi connectivity index (χ2v) is 17.9. The fourth-order valence-corrected chi connectivity index (χ4v) is 8.69. The molecular weight excluding hydrogens is 658 g/mol. The molecule has 3 fully saturated rings. The van der Waals surface area contributed by atoms with Gasteiger partial charge in [0, 0.05) is 36.7 Å². The summed E-state index contributed by atoms with van der Waals surface area (Å²) in [7, 11) is 2.15. The number of ether oxygens (including phenoxy) is 1. The number of nitrogens with one attached hydrogen (secondary N) is 1. The van der Waals surface area contributed by atoms with E-state index in [-0.39, 0.29) is 17.4 Å². The summed E-state index contributed by atoms with van der Waals surface area (Å²) >= 11 is 4.04. The molecule has 51 heavy (non-hydrogen) atoms. The molecule has 290 valence electrons. The van der Waals surface area contributed by atoms with Crippen molar-refractivity contribution in [2.24, 2.45) is 28.6 Å². The number of alkyl halides is 1. The molecule has 0 bridgehead atoms. The van der Waals surface area contributed by atoms with E-state index in [0.29, 0.717) is 41.4 Å². The molecule has 0 aromatic heterocycles. The van der Waals surface area contributed by atoms with Gasteiger partial charge in [0.2, 0.25) is 0 Å². The third-order valence-corrected chi connectivity index (χ3v) is 13.1. The van der Waals surface area contributed by atoms with E-state index in [2.05, 4.69) is 71.3 Å². The van der Waals surface area contributed by atoms with Gasteiger partial charge >= 0.3 is 6.09 Å². The van der Waals surface area contributed by atoms with Gasteiger partial charge in [-0.15, -0.1) is 0 Å². The second kappa shape index (κ2) is 20.5. The second-order valence-electron chi connectivity index (χ2n) is 17.4. The summed E-state index contributed by atoms with van der Waals surface area (Å²) in [5.74, 6) is 3.70. The molecule has 1 N–H and O–H groups in total. The molecule has 0 radical (unpaired) electrons. The molecule has 1 amide bonds. The topological polar surface area (TPSA) is 73.7 Å². The average Bonchev–Trinajstić information content (AvgIpc) is 3.42. The first-order valence-electron chi connectivity index (χ1n) is 20.2. The summed E-state index contributed by atoms with van der Waals surface area (Å²) < 4.78 is 18.2. The highest BCUT2D eigenvalue weighted by atomic mass is 32.1. The van der Waals surface area contributed by atoms with E-state index in [9.17, 15) is 14.0 Å². The van der Waals surface area contributed by atoms with Crippen molar-refractivity contribution in [3.63, 3.8) is 0 Å². The van der Waals surface area contributed by atoms with Crippen LogP contribution >= 0.6 is 12.6 Å². The van der Waals surface area contributed by atoms with Crippen LogP contribution in [0.1, 0.15) is 149 Å². The largest absolute Gasteiger partial charge is 0.415 e. The Morgan fingerprint density at radius 2 is 1.80 bits per heavy atom. The van der Waals surface area contributed by atoms with E-state index >= 15 is 0 Å². The predicted molar refractivity (Wildman–Crippen MR) is 215 cm³/mol. The number of nitrogens with zero attached hydrogens (tertiary/aromatic N) is 2. The minimum atomic E-state index is -0.662. The van der Waals surface area contributed by atoms with Crippen molar-refractivity contribution < 1.29 is 18.7 Å². The fraction of sp³-hybridized carbons (Fsp3) is 0.791. The van der Waals surface area contributed by atoms with Crippen molar-refractivity contribution in [2.75, 3.05) is 32.4 Å². The van der Waals surface area contributed by atoms with Crippen LogP contribution < -0.4 is 4.74 Å². The number of amides is 1. The smallest absolute Gasteiger partial charge is 0.410 e. The first-order valence-corrected chi connectivity index (χ1v) is 20.8. The number of aldehydes is 1. The maximum atomic E-state index is 12.9. The summed E-state index contributed by atoms with van der Waals surface area (Å²) in [5, 5.41) is 8.51. The van der Waals surface area contributed by atoms with Crippen molar-refractivity contribution in [3.05, 3.63) is 29.3 Å². The maximum Gasteiger partial charge on any atom is 0.415 e. The first kappa shape index (κ1) is 43.5. The Hall–Kier alpha value is -1.93. The Morgan fingerprint density at radius 3 is 2.41 bits per heavy atom. The molecule has 1 aliphatic heterocycles. The van der Waals surface area contributed by atoms with E-state index in [4.69, 9.17) is 10.1 Å². The van der Waals surface area contributed by atoms with Crippen molar-refractivity contribution in [1.82, 2.24) is 9.80 Å². The molecule has 4 aliphatic rings. The minimum Gasteiger partial charge on any atom is -0.410 e. The van der Waals surface area contributed by atoms with Gasteiger partial charge in [0.05, 0.1) is 6.17 Å². The van der Waals surface area contributed by atoms with Crippen LogP contribution in [0.2, 0.25) is 0 Å².